The van der Waals surface area contributed by atoms with E-state index in [0.29, 0.717) is 13.2 Å². The molecular weight excluding hydrogens is 442 g/mol. The molecule has 0 radical (unpaired) electrons. The van der Waals surface area contributed by atoms with E-state index in [1.165, 1.54) is 24.6 Å². The third kappa shape index (κ3) is 6.90. The highest BCUT2D eigenvalue weighted by Gasteiger charge is 2.24. The molecule has 1 saturated carbocycles. The first-order valence-electron chi connectivity index (χ1n) is 10.8. The Bertz CT molecular complexity index is 881. The van der Waals surface area contributed by atoms with Crippen LogP contribution < -0.4 is 15.4 Å². The molecular formula is C21H30ClN3O5S. The van der Waals surface area contributed by atoms with Crippen molar-refractivity contribution in [1.29, 1.82) is 0 Å². The second-order valence-corrected chi connectivity index (χ2v) is 10.2. The van der Waals surface area contributed by atoms with Gasteiger partial charge in [-0.05, 0) is 43.9 Å². The van der Waals surface area contributed by atoms with Gasteiger partial charge in [-0.15, -0.1) is 0 Å². The predicted octanol–water partition coefficient (Wildman–Crippen LogP) is 2.22. The van der Waals surface area contributed by atoms with Crippen molar-refractivity contribution in [3.05, 3.63) is 28.8 Å². The molecule has 31 heavy (non-hydrogen) atoms. The number of ether oxygens (including phenoxy) is 1. The van der Waals surface area contributed by atoms with Crippen molar-refractivity contribution in [2.75, 3.05) is 26.2 Å². The molecule has 8 nitrogen and oxygen atoms in total. The van der Waals surface area contributed by atoms with Crippen molar-refractivity contribution >= 4 is 33.4 Å². The van der Waals surface area contributed by atoms with E-state index in [0.717, 1.165) is 38.5 Å². The van der Waals surface area contributed by atoms with Crippen molar-refractivity contribution in [2.24, 2.45) is 5.92 Å². The van der Waals surface area contributed by atoms with Gasteiger partial charge in [0.25, 0.3) is 5.91 Å². The summed E-state index contributed by atoms with van der Waals surface area (Å²) in [7, 11) is -3.88. The third-order valence-electron chi connectivity index (χ3n) is 5.69. The van der Waals surface area contributed by atoms with Crippen LogP contribution in [-0.2, 0) is 19.6 Å². The summed E-state index contributed by atoms with van der Waals surface area (Å²) in [6.45, 7) is 1.36. The van der Waals surface area contributed by atoms with Crippen LogP contribution in [-0.4, -0.2) is 52.6 Å². The molecule has 1 aliphatic heterocycles. The summed E-state index contributed by atoms with van der Waals surface area (Å²) in [6, 6.07) is 4.12. The molecule has 2 amide bonds. The summed E-state index contributed by atoms with van der Waals surface area (Å²) in [5.41, 5.74) is 0.181. The maximum Gasteiger partial charge on any atom is 0.251 e. The molecule has 0 spiro atoms. The van der Waals surface area contributed by atoms with Crippen molar-refractivity contribution < 1.29 is 22.7 Å². The molecule has 0 aromatic heterocycles. The second kappa shape index (κ2) is 11.3. The number of sulfonamides is 1. The average Bonchev–Trinajstić information content (AvgIpc) is 3.29. The number of nitrogens with one attached hydrogen (secondary N) is 3. The number of carbonyl (C=O) groups excluding carboxylic acids is 2. The van der Waals surface area contributed by atoms with Gasteiger partial charge in [0.2, 0.25) is 15.9 Å². The average molecular weight is 472 g/mol. The van der Waals surface area contributed by atoms with Gasteiger partial charge >= 0.3 is 0 Å². The van der Waals surface area contributed by atoms with E-state index >= 15 is 0 Å². The molecule has 3 N–H and O–H groups in total. The smallest absolute Gasteiger partial charge is 0.251 e. The Balaban J connectivity index is 1.51. The van der Waals surface area contributed by atoms with E-state index in [-0.39, 0.29) is 46.5 Å². The Morgan fingerprint density at radius 3 is 2.48 bits per heavy atom. The lowest BCUT2D eigenvalue weighted by molar-refractivity contribution is -0.125. The topological polar surface area (TPSA) is 114 Å². The highest BCUT2D eigenvalue weighted by molar-refractivity contribution is 7.89. The summed E-state index contributed by atoms with van der Waals surface area (Å²) in [5.74, 6) is -0.332. The Hall–Kier alpha value is -1.68. The summed E-state index contributed by atoms with van der Waals surface area (Å²) in [5, 5.41) is 5.59. The molecule has 1 aromatic carbocycles. The number of rotatable bonds is 9. The monoisotopic (exact) mass is 471 g/mol. The minimum absolute atomic E-state index is 0.0335. The van der Waals surface area contributed by atoms with Crippen molar-refractivity contribution in [2.45, 2.75) is 55.9 Å². The zero-order chi connectivity index (χ0) is 22.3. The van der Waals surface area contributed by atoms with Crippen LogP contribution >= 0.6 is 11.6 Å². The quantitative estimate of drug-likeness (QED) is 0.478. The number of carbonyl (C=O) groups is 2. The van der Waals surface area contributed by atoms with E-state index in [4.69, 9.17) is 16.3 Å². The van der Waals surface area contributed by atoms with Gasteiger partial charge < -0.3 is 15.4 Å². The Morgan fingerprint density at radius 2 is 1.77 bits per heavy atom. The highest BCUT2D eigenvalue weighted by atomic mass is 35.5. The molecule has 3 rings (SSSR count). The predicted molar refractivity (Wildman–Crippen MR) is 118 cm³/mol. The molecule has 10 heteroatoms. The zero-order valence-electron chi connectivity index (χ0n) is 17.5. The van der Waals surface area contributed by atoms with Gasteiger partial charge in [-0.25, -0.2) is 13.1 Å². The number of benzene rings is 1. The van der Waals surface area contributed by atoms with E-state index < -0.39 is 15.9 Å². The second-order valence-electron chi connectivity index (χ2n) is 8.01. The van der Waals surface area contributed by atoms with Crippen LogP contribution in [0, 0.1) is 5.92 Å². The van der Waals surface area contributed by atoms with Gasteiger partial charge in [-0.3, -0.25) is 9.59 Å². The number of hydrogen-bond donors (Lipinski definition) is 3. The minimum Gasteiger partial charge on any atom is -0.377 e. The van der Waals surface area contributed by atoms with Crippen molar-refractivity contribution in [3.63, 3.8) is 0 Å². The fraction of sp³-hybridized carbons (Fsp3) is 0.619. The van der Waals surface area contributed by atoms with E-state index in [1.54, 1.807) is 0 Å². The van der Waals surface area contributed by atoms with Gasteiger partial charge in [-0.2, -0.15) is 0 Å². The molecule has 1 aliphatic carbocycles. The standard InChI is InChI=1S/C21H30ClN3O5S/c22-18-9-8-16(13-19(18)31(28,29)25-14-17-7-4-12-30-17)21(27)24-11-10-23-20(26)15-5-2-1-3-6-15/h8-9,13,15,17,25H,1-7,10-12,14H2,(H,23,26)(H,24,27). The molecule has 2 aliphatic rings. The lowest BCUT2D eigenvalue weighted by Gasteiger charge is -2.20. The molecule has 1 unspecified atom stereocenters. The van der Waals surface area contributed by atoms with Gasteiger partial charge in [0, 0.05) is 37.7 Å². The molecule has 1 atom stereocenters. The van der Waals surface area contributed by atoms with Gasteiger partial charge in [-0.1, -0.05) is 30.9 Å². The lowest BCUT2D eigenvalue weighted by Crippen LogP contribution is -2.38. The van der Waals surface area contributed by atoms with Crippen LogP contribution in [0.5, 0.6) is 0 Å². The van der Waals surface area contributed by atoms with E-state index in [9.17, 15) is 18.0 Å². The highest BCUT2D eigenvalue weighted by Crippen LogP contribution is 2.24. The normalized spacial score (nSPS) is 19.8. The lowest BCUT2D eigenvalue weighted by atomic mass is 9.89. The fourth-order valence-corrected chi connectivity index (χ4v) is 5.50. The first kappa shape index (κ1) is 24.0. The molecule has 1 heterocycles. The van der Waals surface area contributed by atoms with Crippen LogP contribution in [0.3, 0.4) is 0 Å². The SMILES string of the molecule is O=C(NCCNC(=O)C1CCCCC1)c1ccc(Cl)c(S(=O)(=O)NCC2CCCO2)c1. The van der Waals surface area contributed by atoms with E-state index in [1.807, 2.05) is 0 Å². The summed E-state index contributed by atoms with van der Waals surface area (Å²) in [6.07, 6.45) is 6.74. The third-order valence-corrected chi connectivity index (χ3v) is 7.60. The molecule has 2 fully saturated rings. The molecule has 172 valence electrons. The van der Waals surface area contributed by atoms with Crippen LogP contribution in [0.4, 0.5) is 0 Å². The molecule has 1 saturated heterocycles. The summed E-state index contributed by atoms with van der Waals surface area (Å²) in [4.78, 5) is 24.4. The molecule has 0 bridgehead atoms. The Kier molecular flexibility index (Phi) is 8.71. The van der Waals surface area contributed by atoms with Gasteiger partial charge in [0.15, 0.2) is 0 Å². The van der Waals surface area contributed by atoms with E-state index in [2.05, 4.69) is 15.4 Å². The van der Waals surface area contributed by atoms with Crippen molar-refractivity contribution in [3.8, 4) is 0 Å². The summed E-state index contributed by atoms with van der Waals surface area (Å²) < 4.78 is 33.2. The Morgan fingerprint density at radius 1 is 1.03 bits per heavy atom. The number of hydrogen-bond acceptors (Lipinski definition) is 5. The Labute approximate surface area is 188 Å². The van der Waals surface area contributed by atoms with Gasteiger partial charge in [0.05, 0.1) is 11.1 Å². The minimum atomic E-state index is -3.88. The maximum absolute atomic E-state index is 12.6. The van der Waals surface area contributed by atoms with Crippen LogP contribution in [0.25, 0.3) is 0 Å². The number of halogens is 1. The largest absolute Gasteiger partial charge is 0.377 e. The maximum atomic E-state index is 12.6. The first-order valence-corrected chi connectivity index (χ1v) is 12.7. The van der Waals surface area contributed by atoms with Crippen molar-refractivity contribution in [1.82, 2.24) is 15.4 Å². The zero-order valence-corrected chi connectivity index (χ0v) is 19.1. The van der Waals surface area contributed by atoms with Gasteiger partial charge in [0.1, 0.15) is 4.90 Å². The molecule has 1 aromatic rings. The fourth-order valence-electron chi connectivity index (χ4n) is 3.91. The summed E-state index contributed by atoms with van der Waals surface area (Å²) >= 11 is 6.09. The van der Waals surface area contributed by atoms with Crippen LogP contribution in [0.2, 0.25) is 5.02 Å². The first-order chi connectivity index (χ1) is 14.9. The van der Waals surface area contributed by atoms with Crippen LogP contribution in [0.1, 0.15) is 55.3 Å². The number of amides is 2. The van der Waals surface area contributed by atoms with Crippen LogP contribution in [0.15, 0.2) is 23.1 Å².